The highest BCUT2D eigenvalue weighted by Crippen LogP contribution is 2.05. The molecule has 0 aromatic carbocycles. The molecule has 0 aromatic heterocycles. The molecule has 8 N–H and O–H groups in total. The van der Waals surface area contributed by atoms with Crippen LogP contribution in [0.4, 0.5) is 0 Å². The number of hydrogen-bond acceptors (Lipinski definition) is 6. The van der Waals surface area contributed by atoms with E-state index in [0.29, 0.717) is 0 Å². The fourth-order valence-electron chi connectivity index (χ4n) is 1.98. The highest BCUT2D eigenvalue weighted by molar-refractivity contribution is 5.93. The molecule has 0 aliphatic rings. The number of carbonyl (C=O) groups excluding carboxylic acids is 4. The van der Waals surface area contributed by atoms with Crippen molar-refractivity contribution in [3.8, 4) is 0 Å². The summed E-state index contributed by atoms with van der Waals surface area (Å²) in [6.45, 7) is 4.46. The van der Waals surface area contributed by atoms with E-state index in [4.69, 9.17) is 16.6 Å². The van der Waals surface area contributed by atoms with E-state index in [1.54, 1.807) is 13.8 Å². The van der Waals surface area contributed by atoms with Crippen molar-refractivity contribution in [1.29, 1.82) is 0 Å². The lowest BCUT2D eigenvalue weighted by Crippen LogP contribution is -2.57. The number of carbonyl (C=O) groups is 5. The van der Waals surface area contributed by atoms with Crippen LogP contribution in [0.2, 0.25) is 0 Å². The number of carboxylic acids is 1. The third-order valence-corrected chi connectivity index (χ3v) is 3.50. The Kier molecular flexibility index (Phi) is 9.89. The molecule has 0 rings (SSSR count). The number of rotatable bonds is 11. The molecule has 0 bridgehead atoms. The Morgan fingerprint density at radius 2 is 1.54 bits per heavy atom. The molecule has 26 heavy (non-hydrogen) atoms. The fourth-order valence-corrected chi connectivity index (χ4v) is 1.98. The number of carboxylic acid groups (broad SMARTS) is 1. The number of nitrogens with one attached hydrogen (secondary N) is 3. The quantitative estimate of drug-likeness (QED) is 0.229. The van der Waals surface area contributed by atoms with Crippen LogP contribution in [0.15, 0.2) is 0 Å². The van der Waals surface area contributed by atoms with Crippen molar-refractivity contribution in [2.24, 2.45) is 17.4 Å². The van der Waals surface area contributed by atoms with E-state index in [1.807, 2.05) is 0 Å². The number of aliphatic carboxylic acids is 1. The second kappa shape index (κ2) is 11.0. The zero-order valence-corrected chi connectivity index (χ0v) is 15.1. The zero-order valence-electron chi connectivity index (χ0n) is 15.1. The van der Waals surface area contributed by atoms with Gasteiger partial charge in [-0.25, -0.2) is 4.79 Å². The summed E-state index contributed by atoms with van der Waals surface area (Å²) in [5.41, 5.74) is 10.1. The van der Waals surface area contributed by atoms with Crippen LogP contribution in [0.5, 0.6) is 0 Å². The topological polar surface area (TPSA) is 194 Å². The molecule has 0 saturated carbocycles. The maximum Gasteiger partial charge on any atom is 0.326 e. The van der Waals surface area contributed by atoms with E-state index in [0.717, 1.165) is 0 Å². The minimum Gasteiger partial charge on any atom is -0.480 e. The van der Waals surface area contributed by atoms with Gasteiger partial charge in [0.1, 0.15) is 18.1 Å². The van der Waals surface area contributed by atoms with Crippen molar-refractivity contribution < 1.29 is 29.1 Å². The Morgan fingerprint density at radius 3 is 1.96 bits per heavy atom. The number of nitrogens with two attached hydrogens (primary N) is 2. The molecule has 0 aromatic rings. The molecule has 4 amide bonds. The van der Waals surface area contributed by atoms with Gasteiger partial charge in [-0.1, -0.05) is 13.8 Å². The molecule has 0 fully saturated rings. The number of amides is 4. The largest absolute Gasteiger partial charge is 0.480 e. The summed E-state index contributed by atoms with van der Waals surface area (Å²) < 4.78 is 0. The van der Waals surface area contributed by atoms with Gasteiger partial charge in [0, 0.05) is 6.42 Å². The lowest BCUT2D eigenvalue weighted by Gasteiger charge is -2.25. The molecule has 11 heteroatoms. The Balaban J connectivity index is 4.97. The minimum absolute atomic E-state index is 0.169. The lowest BCUT2D eigenvalue weighted by atomic mass is 10.0. The maximum atomic E-state index is 12.4. The summed E-state index contributed by atoms with van der Waals surface area (Å²) in [5.74, 6) is -4.24. The van der Waals surface area contributed by atoms with Crippen LogP contribution in [0.1, 0.15) is 33.6 Å². The molecule has 0 aliphatic heterocycles. The Bertz CT molecular complexity index is 551. The zero-order chi connectivity index (χ0) is 20.4. The summed E-state index contributed by atoms with van der Waals surface area (Å²) in [5, 5.41) is 16.2. The smallest absolute Gasteiger partial charge is 0.326 e. The molecular weight excluding hydrogens is 346 g/mol. The third-order valence-electron chi connectivity index (χ3n) is 3.50. The molecule has 0 aliphatic carbocycles. The van der Waals surface area contributed by atoms with Crippen LogP contribution in [0.25, 0.3) is 0 Å². The molecule has 0 heterocycles. The van der Waals surface area contributed by atoms with Gasteiger partial charge >= 0.3 is 5.97 Å². The van der Waals surface area contributed by atoms with Gasteiger partial charge in [0.05, 0.1) is 6.54 Å². The summed E-state index contributed by atoms with van der Waals surface area (Å²) in [7, 11) is 0. The lowest BCUT2D eigenvalue weighted by molar-refractivity contribution is -0.143. The van der Waals surface area contributed by atoms with E-state index < -0.39 is 47.7 Å². The van der Waals surface area contributed by atoms with E-state index in [1.165, 1.54) is 6.92 Å². The maximum absolute atomic E-state index is 12.4. The predicted octanol–water partition coefficient (Wildman–Crippen LogP) is -2.57. The first-order valence-electron chi connectivity index (χ1n) is 8.10. The standard InChI is InChI=1S/C15H27N5O6/c1-7(2)12(20-13(23)8(3)18-11(22)6-16)14(24)19-9(15(25)26)4-5-10(17)21/h7-9,12H,4-6,16H2,1-3H3,(H2,17,21)(H,18,22)(H,19,24)(H,20,23)(H,25,26). The molecular formula is C15H27N5O6. The van der Waals surface area contributed by atoms with Crippen LogP contribution in [-0.2, 0) is 24.0 Å². The molecule has 0 radical (unpaired) electrons. The van der Waals surface area contributed by atoms with Crippen LogP contribution in [0, 0.1) is 5.92 Å². The van der Waals surface area contributed by atoms with Gasteiger partial charge in [-0.15, -0.1) is 0 Å². The molecule has 0 saturated heterocycles. The van der Waals surface area contributed by atoms with Gasteiger partial charge in [0.2, 0.25) is 23.6 Å². The van der Waals surface area contributed by atoms with Crippen molar-refractivity contribution in [1.82, 2.24) is 16.0 Å². The van der Waals surface area contributed by atoms with E-state index in [-0.39, 0.29) is 25.3 Å². The van der Waals surface area contributed by atoms with Gasteiger partial charge in [-0.3, -0.25) is 19.2 Å². The van der Waals surface area contributed by atoms with Gasteiger partial charge in [-0.05, 0) is 19.3 Å². The first kappa shape index (κ1) is 23.3. The van der Waals surface area contributed by atoms with Crippen molar-refractivity contribution in [3.05, 3.63) is 0 Å². The summed E-state index contributed by atoms with van der Waals surface area (Å²) in [4.78, 5) is 57.7. The van der Waals surface area contributed by atoms with E-state index in [9.17, 15) is 24.0 Å². The molecule has 11 nitrogen and oxygen atoms in total. The van der Waals surface area contributed by atoms with Crippen LogP contribution in [-0.4, -0.2) is 59.4 Å². The molecule has 3 atom stereocenters. The summed E-state index contributed by atoms with van der Waals surface area (Å²) in [6.07, 6.45) is -0.379. The first-order chi connectivity index (χ1) is 12.0. The Hall–Kier alpha value is -2.69. The fraction of sp³-hybridized carbons (Fsp3) is 0.667. The summed E-state index contributed by atoms with van der Waals surface area (Å²) in [6, 6.07) is -3.28. The Labute approximate surface area is 151 Å². The highest BCUT2D eigenvalue weighted by atomic mass is 16.4. The van der Waals surface area contributed by atoms with Gasteiger partial charge in [0.15, 0.2) is 0 Å². The van der Waals surface area contributed by atoms with Crippen LogP contribution >= 0.6 is 0 Å². The number of primary amides is 1. The average Bonchev–Trinajstić information content (AvgIpc) is 2.54. The molecule has 148 valence electrons. The van der Waals surface area contributed by atoms with Gasteiger partial charge in [-0.2, -0.15) is 0 Å². The van der Waals surface area contributed by atoms with Crippen molar-refractivity contribution in [2.75, 3.05) is 6.54 Å². The van der Waals surface area contributed by atoms with Crippen molar-refractivity contribution in [3.63, 3.8) is 0 Å². The third kappa shape index (κ3) is 8.42. The second-order valence-corrected chi connectivity index (χ2v) is 6.13. The normalized spacial score (nSPS) is 14.0. The van der Waals surface area contributed by atoms with Gasteiger partial charge in [0.25, 0.3) is 0 Å². The predicted molar refractivity (Wildman–Crippen MR) is 91.4 cm³/mol. The van der Waals surface area contributed by atoms with Crippen molar-refractivity contribution >= 4 is 29.6 Å². The van der Waals surface area contributed by atoms with E-state index in [2.05, 4.69) is 16.0 Å². The Morgan fingerprint density at radius 1 is 0.962 bits per heavy atom. The monoisotopic (exact) mass is 373 g/mol. The molecule has 0 spiro atoms. The molecule has 3 unspecified atom stereocenters. The van der Waals surface area contributed by atoms with Crippen LogP contribution in [0.3, 0.4) is 0 Å². The van der Waals surface area contributed by atoms with Gasteiger partial charge < -0.3 is 32.5 Å². The van der Waals surface area contributed by atoms with Crippen molar-refractivity contribution in [2.45, 2.75) is 51.7 Å². The first-order valence-corrected chi connectivity index (χ1v) is 8.10. The number of hydrogen-bond donors (Lipinski definition) is 6. The highest BCUT2D eigenvalue weighted by Gasteiger charge is 2.30. The SMILES string of the molecule is CC(NC(=O)CN)C(=O)NC(C(=O)NC(CCC(N)=O)C(=O)O)C(C)C. The van der Waals surface area contributed by atoms with Crippen LogP contribution < -0.4 is 27.4 Å². The second-order valence-electron chi connectivity index (χ2n) is 6.13. The summed E-state index contributed by atoms with van der Waals surface area (Å²) >= 11 is 0. The average molecular weight is 373 g/mol. The minimum atomic E-state index is -1.32. The van der Waals surface area contributed by atoms with E-state index >= 15 is 0 Å².